The Morgan fingerprint density at radius 1 is 0.947 bits per heavy atom. The van der Waals surface area contributed by atoms with Crippen molar-refractivity contribution in [3.05, 3.63) is 83.7 Å². The second-order valence-corrected chi connectivity index (χ2v) is 9.51. The molecular formula is C28H30ClF2N5O2. The zero-order valence-corrected chi connectivity index (χ0v) is 22.1. The molecule has 0 spiro atoms. The molecule has 0 aliphatic carbocycles. The van der Waals surface area contributed by atoms with Gasteiger partial charge in [0.1, 0.15) is 0 Å². The molecule has 1 fully saturated rings. The first-order chi connectivity index (χ1) is 17.8. The number of carbonyl (C=O) groups excluding carboxylic acids is 2. The van der Waals surface area contributed by atoms with Crippen LogP contribution in [0.2, 0.25) is 0 Å². The SMILES string of the molecule is Cc1c(C(=O)N2CCC(F)(F)C(=CC(=O)N3CCN(C)CC3)c3ccccc32)cnn1-c1ccccc1.Cl. The van der Waals surface area contributed by atoms with Crippen LogP contribution in [-0.2, 0) is 4.79 Å². The average molecular weight is 542 g/mol. The van der Waals surface area contributed by atoms with Crippen LogP contribution in [0.15, 0.2) is 66.9 Å². The maximum atomic E-state index is 15.5. The minimum atomic E-state index is -3.28. The molecule has 3 aromatic rings. The maximum absolute atomic E-state index is 15.5. The Kier molecular flexibility index (Phi) is 7.99. The molecule has 0 unspecified atom stereocenters. The van der Waals surface area contributed by atoms with Crippen LogP contribution in [0.25, 0.3) is 11.3 Å². The smallest absolute Gasteiger partial charge is 0.275 e. The van der Waals surface area contributed by atoms with Crippen molar-refractivity contribution >= 4 is 35.5 Å². The molecule has 0 bridgehead atoms. The molecule has 3 heterocycles. The molecule has 38 heavy (non-hydrogen) atoms. The molecule has 10 heteroatoms. The molecule has 7 nitrogen and oxygen atoms in total. The summed E-state index contributed by atoms with van der Waals surface area (Å²) >= 11 is 0. The molecule has 0 N–H and O–H groups in total. The van der Waals surface area contributed by atoms with Gasteiger partial charge < -0.3 is 14.7 Å². The van der Waals surface area contributed by atoms with Gasteiger partial charge in [0.2, 0.25) is 5.91 Å². The maximum Gasteiger partial charge on any atom is 0.275 e. The van der Waals surface area contributed by atoms with Crippen molar-refractivity contribution in [2.24, 2.45) is 0 Å². The molecule has 2 aromatic carbocycles. The molecule has 5 rings (SSSR count). The first kappa shape index (κ1) is 27.5. The van der Waals surface area contributed by atoms with Gasteiger partial charge in [-0.2, -0.15) is 5.10 Å². The second-order valence-electron chi connectivity index (χ2n) is 9.51. The third-order valence-electron chi connectivity index (χ3n) is 7.10. The van der Waals surface area contributed by atoms with Gasteiger partial charge in [-0.15, -0.1) is 12.4 Å². The van der Waals surface area contributed by atoms with Crippen LogP contribution in [-0.4, -0.2) is 77.1 Å². The van der Waals surface area contributed by atoms with Gasteiger partial charge in [-0.25, -0.2) is 13.5 Å². The number of fused-ring (bicyclic) bond motifs is 1. The lowest BCUT2D eigenvalue weighted by molar-refractivity contribution is -0.127. The van der Waals surface area contributed by atoms with Crippen LogP contribution in [0.5, 0.6) is 0 Å². The number of alkyl halides is 2. The normalized spacial score (nSPS) is 18.5. The Labute approximate surface area is 226 Å². The van der Waals surface area contributed by atoms with E-state index >= 15 is 8.78 Å². The van der Waals surface area contributed by atoms with Crippen LogP contribution in [0.4, 0.5) is 14.5 Å². The molecule has 1 saturated heterocycles. The van der Waals surface area contributed by atoms with E-state index in [0.29, 0.717) is 43.1 Å². The van der Waals surface area contributed by atoms with E-state index in [1.54, 1.807) is 40.8 Å². The van der Waals surface area contributed by atoms with Crippen LogP contribution in [0.3, 0.4) is 0 Å². The van der Waals surface area contributed by atoms with Crippen molar-refractivity contribution in [1.82, 2.24) is 19.6 Å². The van der Waals surface area contributed by atoms with E-state index in [1.165, 1.54) is 11.1 Å². The number of carbonyl (C=O) groups is 2. The fourth-order valence-electron chi connectivity index (χ4n) is 4.87. The third-order valence-corrected chi connectivity index (χ3v) is 7.10. The number of piperazine rings is 1. The standard InChI is InChI=1S/C28H29F2N5O2.ClH/c1-20-23(19-31-35(20)21-8-4-3-5-9-21)27(37)34-13-12-28(29,30)24(22-10-6-7-11-25(22)34)18-26(36)33-16-14-32(2)15-17-33;/h3-11,18-19H,12-17H2,1-2H3;1H. The Morgan fingerprint density at radius 3 is 2.32 bits per heavy atom. The largest absolute Gasteiger partial charge is 0.337 e. The molecule has 2 aliphatic heterocycles. The molecule has 200 valence electrons. The first-order valence-electron chi connectivity index (χ1n) is 12.3. The molecule has 1 aromatic heterocycles. The fraction of sp³-hybridized carbons (Fsp3) is 0.321. The van der Waals surface area contributed by atoms with Gasteiger partial charge in [-0.1, -0.05) is 36.4 Å². The zero-order chi connectivity index (χ0) is 26.2. The van der Waals surface area contributed by atoms with Gasteiger partial charge in [-0.05, 0) is 32.2 Å². The van der Waals surface area contributed by atoms with Crippen molar-refractivity contribution in [3.63, 3.8) is 0 Å². The fourth-order valence-corrected chi connectivity index (χ4v) is 4.87. The average Bonchev–Trinajstić information content (AvgIpc) is 3.24. The number of allylic oxidation sites excluding steroid dienone is 1. The van der Waals surface area contributed by atoms with E-state index in [0.717, 1.165) is 11.8 Å². The Morgan fingerprint density at radius 2 is 1.61 bits per heavy atom. The number of amides is 2. The van der Waals surface area contributed by atoms with Gasteiger partial charge in [0, 0.05) is 56.4 Å². The number of halogens is 3. The summed E-state index contributed by atoms with van der Waals surface area (Å²) < 4.78 is 32.7. The van der Waals surface area contributed by atoms with Gasteiger partial charge in [-0.3, -0.25) is 9.59 Å². The van der Waals surface area contributed by atoms with Crippen molar-refractivity contribution in [2.75, 3.05) is 44.7 Å². The van der Waals surface area contributed by atoms with Crippen molar-refractivity contribution < 1.29 is 18.4 Å². The third kappa shape index (κ3) is 5.21. The Hall–Kier alpha value is -3.56. The lowest BCUT2D eigenvalue weighted by Crippen LogP contribution is -2.46. The summed E-state index contributed by atoms with van der Waals surface area (Å²) in [7, 11) is 1.97. The van der Waals surface area contributed by atoms with E-state index < -0.39 is 24.2 Å². The van der Waals surface area contributed by atoms with E-state index in [1.807, 2.05) is 37.4 Å². The summed E-state index contributed by atoms with van der Waals surface area (Å²) in [4.78, 5) is 31.8. The number of rotatable bonds is 3. The number of para-hydroxylation sites is 2. The van der Waals surface area contributed by atoms with Gasteiger partial charge in [0.05, 0.1) is 28.8 Å². The molecule has 0 saturated carbocycles. The number of aromatic nitrogens is 2. The number of benzene rings is 2. The number of hydrogen-bond donors (Lipinski definition) is 0. The van der Waals surface area contributed by atoms with E-state index in [2.05, 4.69) is 10.00 Å². The quantitative estimate of drug-likeness (QED) is 0.460. The van der Waals surface area contributed by atoms with Gasteiger partial charge in [0.15, 0.2) is 0 Å². The molecule has 2 amide bonds. The van der Waals surface area contributed by atoms with Crippen molar-refractivity contribution in [2.45, 2.75) is 19.3 Å². The van der Waals surface area contributed by atoms with Gasteiger partial charge >= 0.3 is 0 Å². The Bertz CT molecular complexity index is 1350. The van der Waals surface area contributed by atoms with Crippen molar-refractivity contribution in [1.29, 1.82) is 0 Å². The monoisotopic (exact) mass is 541 g/mol. The second kappa shape index (κ2) is 11.0. The predicted octanol–water partition coefficient (Wildman–Crippen LogP) is 4.45. The summed E-state index contributed by atoms with van der Waals surface area (Å²) in [6, 6.07) is 16.0. The van der Waals surface area contributed by atoms with E-state index in [9.17, 15) is 9.59 Å². The lowest BCUT2D eigenvalue weighted by atomic mass is 9.96. The molecule has 0 radical (unpaired) electrons. The highest BCUT2D eigenvalue weighted by molar-refractivity contribution is 6.09. The number of likely N-dealkylation sites (N-methyl/N-ethyl adjacent to an activating group) is 1. The summed E-state index contributed by atoms with van der Waals surface area (Å²) in [5, 5.41) is 4.38. The summed E-state index contributed by atoms with van der Waals surface area (Å²) in [6.07, 6.45) is 1.95. The highest BCUT2D eigenvalue weighted by Crippen LogP contribution is 2.43. The molecular weight excluding hydrogens is 512 g/mol. The summed E-state index contributed by atoms with van der Waals surface area (Å²) in [5.41, 5.74) is 1.95. The lowest BCUT2D eigenvalue weighted by Gasteiger charge is -2.32. The number of nitrogens with zero attached hydrogens (tertiary/aromatic N) is 5. The Balaban J connectivity index is 0.00000336. The van der Waals surface area contributed by atoms with Gasteiger partial charge in [0.25, 0.3) is 11.8 Å². The van der Waals surface area contributed by atoms with Crippen LogP contribution >= 0.6 is 12.4 Å². The van der Waals surface area contributed by atoms with E-state index in [-0.39, 0.29) is 30.1 Å². The number of hydrogen-bond acceptors (Lipinski definition) is 4. The van der Waals surface area contributed by atoms with Crippen LogP contribution < -0.4 is 4.90 Å². The van der Waals surface area contributed by atoms with Crippen molar-refractivity contribution in [3.8, 4) is 5.69 Å². The van der Waals surface area contributed by atoms with Crippen LogP contribution in [0.1, 0.15) is 28.0 Å². The number of anilines is 1. The van der Waals surface area contributed by atoms with E-state index in [4.69, 9.17) is 0 Å². The zero-order valence-electron chi connectivity index (χ0n) is 21.3. The molecule has 2 aliphatic rings. The first-order valence-corrected chi connectivity index (χ1v) is 12.3. The minimum absolute atomic E-state index is 0. The van der Waals surface area contributed by atoms with Crippen LogP contribution in [0, 0.1) is 6.92 Å². The predicted molar refractivity (Wildman–Crippen MR) is 145 cm³/mol. The minimum Gasteiger partial charge on any atom is -0.337 e. The summed E-state index contributed by atoms with van der Waals surface area (Å²) in [6.45, 7) is 3.95. The summed E-state index contributed by atoms with van der Waals surface area (Å²) in [5.74, 6) is -4.12. The molecule has 0 atom stereocenters. The highest BCUT2D eigenvalue weighted by atomic mass is 35.5. The highest BCUT2D eigenvalue weighted by Gasteiger charge is 2.42. The topological polar surface area (TPSA) is 61.7 Å².